The molecule has 0 atom stereocenters. The van der Waals surface area contributed by atoms with Crippen molar-refractivity contribution in [2.24, 2.45) is 0 Å². The topological polar surface area (TPSA) is 54.9 Å². The summed E-state index contributed by atoms with van der Waals surface area (Å²) in [5.41, 5.74) is 4.35. The molecular formula is C19H21N3OS2. The number of nitrogens with zero attached hydrogens (tertiary/aromatic N) is 2. The van der Waals surface area contributed by atoms with Gasteiger partial charge in [-0.25, -0.2) is 9.97 Å². The van der Waals surface area contributed by atoms with Crippen LogP contribution in [0, 0.1) is 34.6 Å². The smallest absolute Gasteiger partial charge is 0.234 e. The molecule has 1 aromatic carbocycles. The molecule has 0 saturated heterocycles. The van der Waals surface area contributed by atoms with Crippen LogP contribution >= 0.6 is 23.1 Å². The number of thiophene rings is 1. The third kappa shape index (κ3) is 3.70. The molecule has 1 N–H and O–H groups in total. The zero-order chi connectivity index (χ0) is 18.1. The van der Waals surface area contributed by atoms with E-state index in [2.05, 4.69) is 29.1 Å². The van der Waals surface area contributed by atoms with Crippen molar-refractivity contribution >= 4 is 44.9 Å². The first kappa shape index (κ1) is 17.9. The molecule has 3 rings (SSSR count). The number of fused-ring (bicyclic) bond motifs is 1. The Kier molecular flexibility index (Phi) is 5.11. The molecule has 0 fully saturated rings. The Balaban J connectivity index is 1.78. The molecule has 2 heterocycles. The molecular weight excluding hydrogens is 350 g/mol. The highest BCUT2D eigenvalue weighted by Gasteiger charge is 2.15. The molecule has 0 aliphatic heterocycles. The van der Waals surface area contributed by atoms with E-state index in [1.165, 1.54) is 27.8 Å². The van der Waals surface area contributed by atoms with Crippen LogP contribution in [0.4, 0.5) is 5.69 Å². The minimum Gasteiger partial charge on any atom is -0.325 e. The highest BCUT2D eigenvalue weighted by atomic mass is 32.2. The number of thioether (sulfide) groups is 1. The van der Waals surface area contributed by atoms with Crippen molar-refractivity contribution in [1.29, 1.82) is 0 Å². The van der Waals surface area contributed by atoms with Crippen molar-refractivity contribution in [3.8, 4) is 0 Å². The minimum atomic E-state index is -0.0206. The first-order valence-corrected chi connectivity index (χ1v) is 9.90. The Bertz CT molecular complexity index is 963. The molecule has 0 aliphatic carbocycles. The lowest BCUT2D eigenvalue weighted by molar-refractivity contribution is -0.113. The van der Waals surface area contributed by atoms with Gasteiger partial charge in [-0.15, -0.1) is 11.3 Å². The van der Waals surface area contributed by atoms with Crippen LogP contribution in [-0.2, 0) is 4.79 Å². The van der Waals surface area contributed by atoms with Crippen LogP contribution in [0.15, 0.2) is 23.2 Å². The predicted molar refractivity (Wildman–Crippen MR) is 107 cm³/mol. The van der Waals surface area contributed by atoms with Gasteiger partial charge in [0.15, 0.2) is 0 Å². The summed E-state index contributed by atoms with van der Waals surface area (Å²) in [4.78, 5) is 23.7. The number of amides is 1. The zero-order valence-electron chi connectivity index (χ0n) is 15.1. The third-order valence-electron chi connectivity index (χ3n) is 4.33. The fourth-order valence-corrected chi connectivity index (χ4v) is 4.70. The lowest BCUT2D eigenvalue weighted by atomic mass is 10.1. The molecule has 0 spiro atoms. The second kappa shape index (κ2) is 7.14. The molecule has 0 radical (unpaired) electrons. The number of nitrogens with one attached hydrogen (secondary N) is 1. The van der Waals surface area contributed by atoms with Gasteiger partial charge in [0.05, 0.1) is 5.75 Å². The van der Waals surface area contributed by atoms with E-state index < -0.39 is 0 Å². The Morgan fingerprint density at radius 3 is 2.64 bits per heavy atom. The molecule has 4 nitrogen and oxygen atoms in total. The number of aromatic nitrogens is 2. The lowest BCUT2D eigenvalue weighted by Gasteiger charge is -2.10. The summed E-state index contributed by atoms with van der Waals surface area (Å²) in [6, 6.07) is 5.94. The van der Waals surface area contributed by atoms with Crippen molar-refractivity contribution in [2.75, 3.05) is 11.1 Å². The summed E-state index contributed by atoms with van der Waals surface area (Å²) in [7, 11) is 0. The summed E-state index contributed by atoms with van der Waals surface area (Å²) in [5, 5.41) is 4.97. The Labute approximate surface area is 156 Å². The van der Waals surface area contributed by atoms with E-state index in [1.54, 1.807) is 11.3 Å². The molecule has 2 aromatic heterocycles. The van der Waals surface area contributed by atoms with Crippen LogP contribution in [0.5, 0.6) is 0 Å². The summed E-state index contributed by atoms with van der Waals surface area (Å²) < 4.78 is 0. The Morgan fingerprint density at radius 2 is 1.88 bits per heavy atom. The van der Waals surface area contributed by atoms with Crippen molar-refractivity contribution in [1.82, 2.24) is 9.97 Å². The fourth-order valence-electron chi connectivity index (χ4n) is 2.63. The molecule has 6 heteroatoms. The van der Waals surface area contributed by atoms with Gasteiger partial charge >= 0.3 is 0 Å². The summed E-state index contributed by atoms with van der Waals surface area (Å²) in [6.45, 7) is 10.1. The van der Waals surface area contributed by atoms with E-state index in [4.69, 9.17) is 0 Å². The molecule has 1 amide bonds. The number of benzene rings is 1. The van der Waals surface area contributed by atoms with Crippen molar-refractivity contribution < 1.29 is 4.79 Å². The SMILES string of the molecule is Cc1nc(SCC(=O)Nc2cccc(C)c2C)c2c(C)c(C)sc2n1. The normalized spacial score (nSPS) is 11.1. The van der Waals surface area contributed by atoms with E-state index >= 15 is 0 Å². The van der Waals surface area contributed by atoms with Gasteiger partial charge in [0, 0.05) is 16.0 Å². The van der Waals surface area contributed by atoms with Crippen LogP contribution in [0.1, 0.15) is 27.4 Å². The average Bonchev–Trinajstić information content (AvgIpc) is 2.84. The maximum absolute atomic E-state index is 12.4. The van der Waals surface area contributed by atoms with Crippen LogP contribution in [0.2, 0.25) is 0 Å². The lowest BCUT2D eigenvalue weighted by Crippen LogP contribution is -2.15. The monoisotopic (exact) mass is 371 g/mol. The number of aryl methyl sites for hydroxylation is 4. The zero-order valence-corrected chi connectivity index (χ0v) is 16.7. The highest BCUT2D eigenvalue weighted by Crippen LogP contribution is 2.35. The summed E-state index contributed by atoms with van der Waals surface area (Å²) in [5.74, 6) is 1.05. The van der Waals surface area contributed by atoms with Crippen molar-refractivity contribution in [3.63, 3.8) is 0 Å². The third-order valence-corrected chi connectivity index (χ3v) is 6.40. The van der Waals surface area contributed by atoms with Gasteiger partial charge in [-0.1, -0.05) is 23.9 Å². The number of carbonyl (C=O) groups excluding carboxylic acids is 1. The maximum atomic E-state index is 12.4. The van der Waals surface area contributed by atoms with Crippen LogP contribution in [0.25, 0.3) is 10.2 Å². The first-order valence-electron chi connectivity index (χ1n) is 8.10. The number of hydrogen-bond acceptors (Lipinski definition) is 5. The van der Waals surface area contributed by atoms with E-state index in [1.807, 2.05) is 39.0 Å². The predicted octanol–water partition coefficient (Wildman–Crippen LogP) is 4.96. The standard InChI is InChI=1S/C19H21N3OS2/c1-10-7-6-8-15(11(10)2)22-16(23)9-24-18-17-12(3)13(4)25-19(17)21-14(5)20-18/h6-8H,9H2,1-5H3,(H,22,23). The van der Waals surface area contributed by atoms with Gasteiger partial charge < -0.3 is 5.32 Å². The van der Waals surface area contributed by atoms with E-state index in [0.717, 1.165) is 32.3 Å². The number of anilines is 1. The van der Waals surface area contributed by atoms with E-state index in [9.17, 15) is 4.79 Å². The molecule has 0 saturated carbocycles. The van der Waals surface area contributed by atoms with Gasteiger partial charge in [0.2, 0.25) is 5.91 Å². The van der Waals surface area contributed by atoms with Gasteiger partial charge in [0.25, 0.3) is 0 Å². The maximum Gasteiger partial charge on any atom is 0.234 e. The van der Waals surface area contributed by atoms with Crippen molar-refractivity contribution in [2.45, 2.75) is 39.6 Å². The fraction of sp³-hybridized carbons (Fsp3) is 0.316. The highest BCUT2D eigenvalue weighted by molar-refractivity contribution is 8.00. The quantitative estimate of drug-likeness (QED) is 0.520. The van der Waals surface area contributed by atoms with Gasteiger partial charge in [-0.2, -0.15) is 0 Å². The van der Waals surface area contributed by atoms with E-state index in [0.29, 0.717) is 5.75 Å². The van der Waals surface area contributed by atoms with Gasteiger partial charge in [0.1, 0.15) is 15.7 Å². The molecule has 130 valence electrons. The minimum absolute atomic E-state index is 0.0206. The first-order chi connectivity index (χ1) is 11.9. The Hall–Kier alpha value is -1.92. The van der Waals surface area contributed by atoms with Gasteiger partial charge in [-0.05, 0) is 57.4 Å². The largest absolute Gasteiger partial charge is 0.325 e. The van der Waals surface area contributed by atoms with Gasteiger partial charge in [-0.3, -0.25) is 4.79 Å². The number of hydrogen-bond donors (Lipinski definition) is 1. The van der Waals surface area contributed by atoms with Crippen LogP contribution in [-0.4, -0.2) is 21.6 Å². The second-order valence-corrected chi connectivity index (χ2v) is 8.29. The van der Waals surface area contributed by atoms with E-state index in [-0.39, 0.29) is 5.91 Å². The second-order valence-electron chi connectivity index (χ2n) is 6.12. The molecule has 0 unspecified atom stereocenters. The Morgan fingerprint density at radius 1 is 1.12 bits per heavy atom. The van der Waals surface area contributed by atoms with Crippen LogP contribution < -0.4 is 5.32 Å². The molecule has 25 heavy (non-hydrogen) atoms. The molecule has 0 aliphatic rings. The number of carbonyl (C=O) groups is 1. The summed E-state index contributed by atoms with van der Waals surface area (Å²) in [6.07, 6.45) is 0. The van der Waals surface area contributed by atoms with Crippen molar-refractivity contribution in [3.05, 3.63) is 45.6 Å². The number of rotatable bonds is 4. The summed E-state index contributed by atoms with van der Waals surface area (Å²) >= 11 is 3.16. The molecule has 0 bridgehead atoms. The van der Waals surface area contributed by atoms with Crippen LogP contribution in [0.3, 0.4) is 0 Å². The molecule has 3 aromatic rings. The average molecular weight is 372 g/mol.